The second kappa shape index (κ2) is 7.73. The molecule has 3 N–H and O–H groups in total. The van der Waals surface area contributed by atoms with Crippen molar-refractivity contribution < 1.29 is 13.2 Å². The van der Waals surface area contributed by atoms with E-state index in [4.69, 9.17) is 0 Å². The lowest BCUT2D eigenvalue weighted by Crippen LogP contribution is -2.36. The largest absolute Gasteiger partial charge is 0.348 e. The number of carbonyl (C=O) groups excluding carboxylic acids is 1. The lowest BCUT2D eigenvalue weighted by atomic mass is 10.2. The van der Waals surface area contributed by atoms with Crippen LogP contribution in [0.3, 0.4) is 0 Å². The van der Waals surface area contributed by atoms with Gasteiger partial charge in [0.1, 0.15) is 0 Å². The van der Waals surface area contributed by atoms with Crippen LogP contribution in [0.4, 0.5) is 0 Å². The molecular formula is C17H20N4O3S. The third kappa shape index (κ3) is 4.62. The highest BCUT2D eigenvalue weighted by molar-refractivity contribution is 7.89. The van der Waals surface area contributed by atoms with Crippen molar-refractivity contribution >= 4 is 15.9 Å². The third-order valence-corrected chi connectivity index (χ3v) is 5.39. The number of rotatable bonds is 6. The molecule has 1 amide bonds. The first kappa shape index (κ1) is 17.5. The van der Waals surface area contributed by atoms with Gasteiger partial charge in [-0.3, -0.25) is 9.78 Å². The molecule has 3 rings (SSSR count). The number of hydrogen-bond acceptors (Lipinski definition) is 5. The summed E-state index contributed by atoms with van der Waals surface area (Å²) in [5.41, 5.74) is 1.09. The zero-order chi connectivity index (χ0) is 17.7. The van der Waals surface area contributed by atoms with Crippen molar-refractivity contribution in [3.8, 4) is 0 Å². The summed E-state index contributed by atoms with van der Waals surface area (Å²) in [6.07, 6.45) is 4.10. The summed E-state index contributed by atoms with van der Waals surface area (Å²) in [7, 11) is -3.71. The standard InChI is InChI=1S/C17H20N4O3S/c22-17(21-15-6-8-19-12-15)14-4-1-5-16(9-14)25(23,24)20-11-13-3-2-7-18-10-13/h1-5,7,9-10,15,19-20H,6,8,11-12H2,(H,21,22)/t15-/m1/s1. The van der Waals surface area contributed by atoms with E-state index < -0.39 is 10.0 Å². The van der Waals surface area contributed by atoms with Crippen molar-refractivity contribution in [3.05, 3.63) is 59.9 Å². The lowest BCUT2D eigenvalue weighted by Gasteiger charge is -2.12. The highest BCUT2D eigenvalue weighted by Crippen LogP contribution is 2.13. The van der Waals surface area contributed by atoms with Gasteiger partial charge in [0.05, 0.1) is 4.90 Å². The molecule has 0 spiro atoms. The molecule has 2 heterocycles. The Labute approximate surface area is 146 Å². The Bertz CT molecular complexity index is 834. The van der Waals surface area contributed by atoms with Gasteiger partial charge in [-0.25, -0.2) is 13.1 Å². The topological polar surface area (TPSA) is 100 Å². The van der Waals surface area contributed by atoms with Gasteiger partial charge in [0, 0.05) is 37.1 Å². The molecule has 1 atom stereocenters. The molecule has 132 valence electrons. The Morgan fingerprint density at radius 1 is 1.28 bits per heavy atom. The molecule has 1 aromatic carbocycles. The average molecular weight is 360 g/mol. The first-order chi connectivity index (χ1) is 12.0. The monoisotopic (exact) mass is 360 g/mol. The fourth-order valence-electron chi connectivity index (χ4n) is 2.62. The van der Waals surface area contributed by atoms with Crippen molar-refractivity contribution in [2.75, 3.05) is 13.1 Å². The van der Waals surface area contributed by atoms with Gasteiger partial charge >= 0.3 is 0 Å². The summed E-state index contributed by atoms with van der Waals surface area (Å²) < 4.78 is 27.4. The van der Waals surface area contributed by atoms with Crippen LogP contribution in [-0.4, -0.2) is 38.4 Å². The highest BCUT2D eigenvalue weighted by atomic mass is 32.2. The van der Waals surface area contributed by atoms with E-state index in [-0.39, 0.29) is 23.4 Å². The molecule has 0 unspecified atom stereocenters. The van der Waals surface area contributed by atoms with Crippen LogP contribution in [0.5, 0.6) is 0 Å². The Kier molecular flexibility index (Phi) is 5.42. The summed E-state index contributed by atoms with van der Waals surface area (Å²) in [6, 6.07) is 9.65. The molecule has 1 fully saturated rings. The molecule has 1 aromatic heterocycles. The molecule has 8 heteroatoms. The number of aromatic nitrogens is 1. The first-order valence-corrected chi connectivity index (χ1v) is 9.53. The second-order valence-corrected chi connectivity index (χ2v) is 7.64. The van der Waals surface area contributed by atoms with E-state index in [1.807, 2.05) is 0 Å². The van der Waals surface area contributed by atoms with Gasteiger partial charge in [0.25, 0.3) is 5.91 Å². The van der Waals surface area contributed by atoms with E-state index in [2.05, 4.69) is 20.3 Å². The number of nitrogens with zero attached hydrogens (tertiary/aromatic N) is 1. The molecule has 1 aliphatic rings. The Morgan fingerprint density at radius 3 is 2.88 bits per heavy atom. The first-order valence-electron chi connectivity index (χ1n) is 8.05. The van der Waals surface area contributed by atoms with E-state index in [9.17, 15) is 13.2 Å². The van der Waals surface area contributed by atoms with Crippen molar-refractivity contribution in [2.45, 2.75) is 23.9 Å². The maximum atomic E-state index is 12.5. The van der Waals surface area contributed by atoms with Crippen LogP contribution in [0, 0.1) is 0 Å². The molecule has 1 aliphatic heterocycles. The van der Waals surface area contributed by atoms with Crippen LogP contribution in [-0.2, 0) is 16.6 Å². The SMILES string of the molecule is O=C(N[C@@H]1CCNC1)c1cccc(S(=O)(=O)NCc2cccnc2)c1. The predicted octanol–water partition coefficient (Wildman–Crippen LogP) is 0.652. The van der Waals surface area contributed by atoms with Gasteiger partial charge < -0.3 is 10.6 Å². The minimum atomic E-state index is -3.71. The van der Waals surface area contributed by atoms with E-state index in [1.165, 1.54) is 12.1 Å². The summed E-state index contributed by atoms with van der Waals surface area (Å²) in [5, 5.41) is 6.08. The van der Waals surface area contributed by atoms with Crippen LogP contribution in [0.1, 0.15) is 22.3 Å². The van der Waals surface area contributed by atoms with Crippen LogP contribution >= 0.6 is 0 Å². The van der Waals surface area contributed by atoms with E-state index in [0.29, 0.717) is 5.56 Å². The zero-order valence-corrected chi connectivity index (χ0v) is 14.4. The van der Waals surface area contributed by atoms with Crippen LogP contribution < -0.4 is 15.4 Å². The van der Waals surface area contributed by atoms with Crippen molar-refractivity contribution in [3.63, 3.8) is 0 Å². The lowest BCUT2D eigenvalue weighted by molar-refractivity contribution is 0.0940. The maximum absolute atomic E-state index is 12.5. The summed E-state index contributed by atoms with van der Waals surface area (Å²) in [6.45, 7) is 1.74. The molecule has 1 saturated heterocycles. The molecule has 7 nitrogen and oxygen atoms in total. The van der Waals surface area contributed by atoms with E-state index >= 15 is 0 Å². The van der Waals surface area contributed by atoms with E-state index in [1.54, 1.807) is 36.7 Å². The smallest absolute Gasteiger partial charge is 0.251 e. The van der Waals surface area contributed by atoms with Crippen molar-refractivity contribution in [1.82, 2.24) is 20.3 Å². The molecule has 0 bridgehead atoms. The number of sulfonamides is 1. The molecule has 0 saturated carbocycles. The van der Waals surface area contributed by atoms with Gasteiger partial charge in [-0.1, -0.05) is 12.1 Å². The summed E-state index contributed by atoms with van der Waals surface area (Å²) in [5.74, 6) is -0.266. The minimum absolute atomic E-state index is 0.0635. The fourth-order valence-corrected chi connectivity index (χ4v) is 3.68. The number of benzene rings is 1. The Balaban J connectivity index is 1.69. The summed E-state index contributed by atoms with van der Waals surface area (Å²) >= 11 is 0. The quantitative estimate of drug-likeness (QED) is 0.702. The Morgan fingerprint density at radius 2 is 2.16 bits per heavy atom. The van der Waals surface area contributed by atoms with Crippen LogP contribution in [0.2, 0.25) is 0 Å². The van der Waals surface area contributed by atoms with Gasteiger partial charge in [0.15, 0.2) is 0 Å². The number of amides is 1. The van der Waals surface area contributed by atoms with E-state index in [0.717, 1.165) is 25.1 Å². The number of carbonyl (C=O) groups is 1. The Hall–Kier alpha value is -2.29. The fraction of sp³-hybridized carbons (Fsp3) is 0.294. The second-order valence-electron chi connectivity index (χ2n) is 5.88. The van der Waals surface area contributed by atoms with Gasteiger partial charge in [-0.2, -0.15) is 0 Å². The number of nitrogens with one attached hydrogen (secondary N) is 3. The minimum Gasteiger partial charge on any atom is -0.348 e. The van der Waals surface area contributed by atoms with Crippen molar-refractivity contribution in [1.29, 1.82) is 0 Å². The average Bonchev–Trinajstić information content (AvgIpc) is 3.14. The highest BCUT2D eigenvalue weighted by Gasteiger charge is 2.20. The van der Waals surface area contributed by atoms with Gasteiger partial charge in [0.2, 0.25) is 10.0 Å². The van der Waals surface area contributed by atoms with Crippen molar-refractivity contribution in [2.24, 2.45) is 0 Å². The molecule has 0 radical (unpaired) electrons. The number of pyridine rings is 1. The molecular weight excluding hydrogens is 340 g/mol. The molecule has 2 aromatic rings. The number of hydrogen-bond donors (Lipinski definition) is 3. The zero-order valence-electron chi connectivity index (χ0n) is 13.6. The van der Waals surface area contributed by atoms with Crippen LogP contribution in [0.15, 0.2) is 53.7 Å². The molecule has 25 heavy (non-hydrogen) atoms. The maximum Gasteiger partial charge on any atom is 0.251 e. The summed E-state index contributed by atoms with van der Waals surface area (Å²) in [4.78, 5) is 16.3. The van der Waals surface area contributed by atoms with Gasteiger partial charge in [-0.05, 0) is 42.8 Å². The predicted molar refractivity (Wildman–Crippen MR) is 93.4 cm³/mol. The van der Waals surface area contributed by atoms with Gasteiger partial charge in [-0.15, -0.1) is 0 Å². The molecule has 0 aliphatic carbocycles. The third-order valence-electron chi connectivity index (χ3n) is 3.99. The normalized spacial score (nSPS) is 17.4. The van der Waals surface area contributed by atoms with Crippen LogP contribution in [0.25, 0.3) is 0 Å².